The van der Waals surface area contributed by atoms with Gasteiger partial charge in [-0.25, -0.2) is 0 Å². The van der Waals surface area contributed by atoms with Gasteiger partial charge in [0.05, 0.1) is 0 Å². The van der Waals surface area contributed by atoms with E-state index >= 15 is 0 Å². The minimum atomic E-state index is -3.16. The zero-order valence-corrected chi connectivity index (χ0v) is 13.4. The van der Waals surface area contributed by atoms with Gasteiger partial charge in [0.1, 0.15) is 0 Å². The fourth-order valence-electron chi connectivity index (χ4n) is 0. The summed E-state index contributed by atoms with van der Waals surface area (Å²) in [6.45, 7) is 0. The van der Waals surface area contributed by atoms with E-state index in [0.29, 0.717) is 0 Å². The second-order valence-electron chi connectivity index (χ2n) is 0.319. The van der Waals surface area contributed by atoms with Gasteiger partial charge in [-0.2, -0.15) is 13.5 Å². The average Bonchev–Trinajstić information content (AvgIpc) is 1.73. The van der Waals surface area contributed by atoms with E-state index in [4.69, 9.17) is 3.74 Å². The third-order valence-corrected chi connectivity index (χ3v) is 1.80. The molecule has 0 radical (unpaired) electrons. The summed E-state index contributed by atoms with van der Waals surface area (Å²) in [4.78, 5) is 0. The Morgan fingerprint density at radius 1 is 0.786 bits per heavy atom. The first kappa shape index (κ1) is 68.6. The van der Waals surface area contributed by atoms with Crippen molar-refractivity contribution in [1.82, 2.24) is 0 Å². The first-order chi connectivity index (χ1) is 3.27. The Bertz CT molecular complexity index is 105. The summed E-state index contributed by atoms with van der Waals surface area (Å²) in [6, 6.07) is 0. The van der Waals surface area contributed by atoms with Gasteiger partial charge in [-0.3, -0.25) is 0 Å². The van der Waals surface area contributed by atoms with Crippen molar-refractivity contribution in [2.24, 2.45) is 0 Å². The molecule has 0 aromatic carbocycles. The fourth-order valence-corrected chi connectivity index (χ4v) is 0. The van der Waals surface area contributed by atoms with Crippen LogP contribution in [0.5, 0.6) is 0 Å². The predicted octanol–water partition coefficient (Wildman–Crippen LogP) is 2.05. The standard InChI is InChI=1S/6CH4.As2O3.2Na.H2S/c;;;;;;3-1-2(4)5;;;/h6*1H4;;;;1H2. The SMILES string of the molecule is C.C.C.C.C.C.O=[As][As](=O)=O.S.[Na][Na]. The van der Waals surface area contributed by atoms with Crippen LogP contribution in [0.4, 0.5) is 0 Å². The Balaban J connectivity index is -0.00000000377. The van der Waals surface area contributed by atoms with Crippen LogP contribution in [0.3, 0.4) is 0 Å². The van der Waals surface area contributed by atoms with Gasteiger partial charge < -0.3 is 0 Å². The van der Waals surface area contributed by atoms with Crippen molar-refractivity contribution in [2.75, 3.05) is 0 Å². The monoisotopic (exact) mass is 374 g/mol. The van der Waals surface area contributed by atoms with Gasteiger partial charge in [-0.1, -0.05) is 44.6 Å². The van der Waals surface area contributed by atoms with Crippen LogP contribution in [0.1, 0.15) is 44.6 Å². The van der Waals surface area contributed by atoms with Gasteiger partial charge in [0.2, 0.25) is 0 Å². The molecule has 0 aliphatic carbocycles. The molecule has 0 saturated carbocycles. The maximum absolute atomic E-state index is 9.22. The van der Waals surface area contributed by atoms with Crippen molar-refractivity contribution in [2.45, 2.75) is 44.6 Å². The average molecular weight is 374 g/mol. The van der Waals surface area contributed by atoms with Crippen molar-refractivity contribution >= 4 is 83.2 Å². The number of hydrogen-bond acceptors (Lipinski definition) is 3. The molecule has 0 rings (SSSR count). The molecule has 14 heavy (non-hydrogen) atoms. The third kappa shape index (κ3) is 121. The summed E-state index contributed by atoms with van der Waals surface area (Å²) < 4.78 is 27.6. The molecule has 8 heteroatoms. The van der Waals surface area contributed by atoms with Crippen LogP contribution in [0.25, 0.3) is 0 Å². The Morgan fingerprint density at radius 2 is 0.857 bits per heavy atom. The first-order valence-corrected chi connectivity index (χ1v) is 17.2. The van der Waals surface area contributed by atoms with E-state index < -0.39 is 26.1 Å². The van der Waals surface area contributed by atoms with E-state index in [1.54, 1.807) is 0 Å². The summed E-state index contributed by atoms with van der Waals surface area (Å²) >= 11 is -1.83. The molecule has 0 bridgehead atoms. The van der Waals surface area contributed by atoms with Gasteiger partial charge in [0.25, 0.3) is 0 Å². The van der Waals surface area contributed by atoms with Gasteiger partial charge >= 0.3 is 80.9 Å². The molecular formula is C6H26As2Na2O3S. The zero-order chi connectivity index (χ0) is 6.28. The van der Waals surface area contributed by atoms with Crippen LogP contribution in [-0.4, -0.2) is 69.7 Å². The van der Waals surface area contributed by atoms with Gasteiger partial charge in [0.15, 0.2) is 0 Å². The molecule has 0 saturated heterocycles. The molecule has 0 fully saturated rings. The van der Waals surface area contributed by atoms with E-state index in [1.165, 1.54) is 43.6 Å². The van der Waals surface area contributed by atoms with Crippen LogP contribution in [-0.2, 0) is 11.2 Å². The maximum atomic E-state index is 9.22. The Kier molecular flexibility index (Phi) is 364. The van der Waals surface area contributed by atoms with Gasteiger partial charge in [-0.15, -0.1) is 0 Å². The van der Waals surface area contributed by atoms with Crippen molar-refractivity contribution in [3.05, 3.63) is 0 Å². The molecule has 0 aliphatic rings. The molecule has 0 aromatic heterocycles. The first-order valence-electron chi connectivity index (χ1n) is 1.75. The molecule has 0 N–H and O–H groups in total. The number of rotatable bonds is 1. The Hall–Kier alpha value is 2.87. The van der Waals surface area contributed by atoms with Gasteiger partial charge in [0, 0.05) is 0 Å². The predicted molar refractivity (Wildman–Crippen MR) is 75.8 cm³/mol. The molecule has 3 nitrogen and oxygen atoms in total. The quantitative estimate of drug-likeness (QED) is 0.661. The fraction of sp³-hybridized carbons (Fsp3) is 1.00. The molecule has 0 unspecified atom stereocenters. The summed E-state index contributed by atoms with van der Waals surface area (Å²) in [5.74, 6) is 0. The molecule has 0 spiro atoms. The van der Waals surface area contributed by atoms with E-state index in [1.807, 2.05) is 0 Å². The molecule has 0 aromatic rings. The molecule has 0 heterocycles. The normalized spacial score (nSPS) is 3.43. The zero-order valence-electron chi connectivity index (χ0n) is 4.62. The molecule has 0 amide bonds. The topological polar surface area (TPSA) is 51.2 Å². The summed E-state index contributed by atoms with van der Waals surface area (Å²) in [5.41, 5.74) is 0. The van der Waals surface area contributed by atoms with Crippen LogP contribution < -0.4 is 0 Å². The van der Waals surface area contributed by atoms with E-state index in [0.717, 1.165) is 0 Å². The van der Waals surface area contributed by atoms with E-state index in [-0.39, 0.29) is 58.1 Å². The molecular weight excluding hydrogens is 348 g/mol. The molecule has 0 atom stereocenters. The summed E-state index contributed by atoms with van der Waals surface area (Å²) in [6.07, 6.45) is 0. The minimum absolute atomic E-state index is 0. The van der Waals surface area contributed by atoms with Crippen molar-refractivity contribution in [1.29, 1.82) is 0 Å². The Labute approximate surface area is 136 Å². The van der Waals surface area contributed by atoms with Crippen molar-refractivity contribution in [3.8, 4) is 0 Å². The second-order valence-corrected chi connectivity index (χ2v) is 7.00. The van der Waals surface area contributed by atoms with E-state index in [2.05, 4.69) is 0 Å². The third-order valence-electron chi connectivity index (χ3n) is 0.0667. The number of hydrogen-bond donors (Lipinski definition) is 0. The summed E-state index contributed by atoms with van der Waals surface area (Å²) in [5, 5.41) is 0. The van der Waals surface area contributed by atoms with Crippen molar-refractivity contribution in [3.63, 3.8) is 0 Å². The van der Waals surface area contributed by atoms with E-state index in [9.17, 15) is 7.48 Å². The second kappa shape index (κ2) is 74.4. The van der Waals surface area contributed by atoms with Gasteiger partial charge in [-0.05, 0) is 0 Å². The van der Waals surface area contributed by atoms with Crippen LogP contribution in [0.15, 0.2) is 0 Å². The molecule has 86 valence electrons. The molecule has 0 aliphatic heterocycles. The van der Waals surface area contributed by atoms with Crippen LogP contribution in [0.2, 0.25) is 0 Å². The van der Waals surface area contributed by atoms with Crippen molar-refractivity contribution < 1.29 is 11.2 Å². The Morgan fingerprint density at radius 3 is 0.857 bits per heavy atom. The van der Waals surface area contributed by atoms with Crippen LogP contribution in [0, 0.1) is 0 Å². The van der Waals surface area contributed by atoms with Crippen LogP contribution >= 0.6 is 13.5 Å². The summed E-state index contributed by atoms with van der Waals surface area (Å²) in [7, 11) is 0.